The first-order valence-electron chi connectivity index (χ1n) is 4.63. The molecule has 0 aromatic carbocycles. The van der Waals surface area contributed by atoms with Crippen LogP contribution in [0.25, 0.3) is 0 Å². The Hall–Kier alpha value is 0.310. The van der Waals surface area contributed by atoms with E-state index >= 15 is 0 Å². The lowest BCUT2D eigenvalue weighted by molar-refractivity contribution is 0.609. The van der Waals surface area contributed by atoms with Crippen molar-refractivity contribution in [2.24, 2.45) is 5.92 Å². The molecule has 0 aromatic heterocycles. The van der Waals surface area contributed by atoms with Crippen LogP contribution >= 0.6 is 11.8 Å². The van der Waals surface area contributed by atoms with Crippen LogP contribution < -0.4 is 5.32 Å². The normalized spacial score (nSPS) is 17.2. The van der Waals surface area contributed by atoms with E-state index < -0.39 is 0 Å². The largest absolute Gasteiger partial charge is 0.316 e. The average Bonchev–Trinajstić information content (AvgIpc) is 2.80. The first-order valence-corrected chi connectivity index (χ1v) is 6.02. The average molecular weight is 173 g/mol. The minimum atomic E-state index is 1.04. The number of hydrogen-bond acceptors (Lipinski definition) is 2. The van der Waals surface area contributed by atoms with Crippen molar-refractivity contribution in [1.29, 1.82) is 0 Å². The lowest BCUT2D eigenvalue weighted by atomic mass is 10.3. The highest BCUT2D eigenvalue weighted by Crippen LogP contribution is 2.27. The van der Waals surface area contributed by atoms with E-state index in [-0.39, 0.29) is 0 Å². The Balaban J connectivity index is 1.66. The van der Waals surface area contributed by atoms with Crippen molar-refractivity contribution >= 4 is 11.8 Å². The molecule has 0 aliphatic heterocycles. The monoisotopic (exact) mass is 173 g/mol. The third-order valence-corrected chi connectivity index (χ3v) is 2.78. The molecule has 1 fully saturated rings. The molecule has 1 saturated carbocycles. The lowest BCUT2D eigenvalue weighted by Gasteiger charge is -2.01. The fourth-order valence-corrected chi connectivity index (χ4v) is 1.62. The SMILES string of the molecule is CSCCCCNCC1CC1. The molecule has 1 nitrogen and oxygen atoms in total. The van der Waals surface area contributed by atoms with Gasteiger partial charge in [-0.05, 0) is 56.7 Å². The van der Waals surface area contributed by atoms with Crippen molar-refractivity contribution in [2.75, 3.05) is 25.1 Å². The van der Waals surface area contributed by atoms with Crippen molar-refractivity contribution in [3.8, 4) is 0 Å². The Labute approximate surface area is 74.3 Å². The Morgan fingerprint density at radius 3 is 2.82 bits per heavy atom. The molecule has 1 aliphatic carbocycles. The van der Waals surface area contributed by atoms with Crippen molar-refractivity contribution in [1.82, 2.24) is 5.32 Å². The van der Waals surface area contributed by atoms with Crippen LogP contribution in [0.1, 0.15) is 25.7 Å². The molecular formula is C9H19NS. The van der Waals surface area contributed by atoms with Crippen LogP contribution in [0, 0.1) is 5.92 Å². The van der Waals surface area contributed by atoms with E-state index in [0.717, 1.165) is 5.92 Å². The van der Waals surface area contributed by atoms with Gasteiger partial charge in [0.15, 0.2) is 0 Å². The van der Waals surface area contributed by atoms with Crippen LogP contribution in [0.3, 0.4) is 0 Å². The fourth-order valence-electron chi connectivity index (χ4n) is 1.12. The van der Waals surface area contributed by atoms with Gasteiger partial charge in [-0.3, -0.25) is 0 Å². The Morgan fingerprint density at radius 2 is 2.18 bits per heavy atom. The highest BCUT2D eigenvalue weighted by atomic mass is 32.2. The number of hydrogen-bond donors (Lipinski definition) is 1. The van der Waals surface area contributed by atoms with Crippen LogP contribution in [-0.4, -0.2) is 25.1 Å². The summed E-state index contributed by atoms with van der Waals surface area (Å²) in [6.07, 6.45) is 7.85. The Morgan fingerprint density at radius 1 is 1.36 bits per heavy atom. The molecule has 0 saturated heterocycles. The quantitative estimate of drug-likeness (QED) is 0.592. The van der Waals surface area contributed by atoms with Gasteiger partial charge in [-0.15, -0.1) is 0 Å². The maximum absolute atomic E-state index is 3.50. The molecular weight excluding hydrogens is 154 g/mol. The Kier molecular flexibility index (Phi) is 5.04. The fraction of sp³-hybridized carbons (Fsp3) is 1.00. The molecule has 0 atom stereocenters. The smallest absolute Gasteiger partial charge is 0.00205 e. The minimum Gasteiger partial charge on any atom is -0.316 e. The Bertz CT molecular complexity index is 91.6. The predicted octanol–water partition coefficient (Wildman–Crippen LogP) is 2.13. The van der Waals surface area contributed by atoms with E-state index in [4.69, 9.17) is 0 Å². The molecule has 0 radical (unpaired) electrons. The molecule has 0 unspecified atom stereocenters. The summed E-state index contributed by atoms with van der Waals surface area (Å²) in [5.74, 6) is 2.36. The van der Waals surface area contributed by atoms with Crippen LogP contribution in [0.2, 0.25) is 0 Å². The van der Waals surface area contributed by atoms with Gasteiger partial charge in [0.1, 0.15) is 0 Å². The molecule has 0 bridgehead atoms. The van der Waals surface area contributed by atoms with Crippen molar-refractivity contribution in [2.45, 2.75) is 25.7 Å². The number of thioether (sulfide) groups is 1. The second-order valence-corrected chi connectivity index (χ2v) is 4.33. The van der Waals surface area contributed by atoms with Gasteiger partial charge >= 0.3 is 0 Å². The summed E-state index contributed by atoms with van der Waals surface area (Å²) in [6.45, 7) is 2.51. The minimum absolute atomic E-state index is 1.04. The zero-order chi connectivity index (χ0) is 7.94. The van der Waals surface area contributed by atoms with Gasteiger partial charge in [0, 0.05) is 0 Å². The van der Waals surface area contributed by atoms with Gasteiger partial charge in [0.05, 0.1) is 0 Å². The van der Waals surface area contributed by atoms with Gasteiger partial charge in [0.25, 0.3) is 0 Å². The maximum atomic E-state index is 3.50. The summed E-state index contributed by atoms with van der Waals surface area (Å²) in [6, 6.07) is 0. The molecule has 1 aliphatic rings. The maximum Gasteiger partial charge on any atom is -0.00205 e. The van der Waals surface area contributed by atoms with Crippen molar-refractivity contribution < 1.29 is 0 Å². The molecule has 2 heteroatoms. The summed E-state index contributed by atoms with van der Waals surface area (Å²) < 4.78 is 0. The van der Waals surface area contributed by atoms with Gasteiger partial charge < -0.3 is 5.32 Å². The highest BCUT2D eigenvalue weighted by molar-refractivity contribution is 7.98. The van der Waals surface area contributed by atoms with E-state index in [1.807, 2.05) is 11.8 Å². The molecule has 0 spiro atoms. The topological polar surface area (TPSA) is 12.0 Å². The first kappa shape index (κ1) is 9.40. The molecule has 0 heterocycles. The van der Waals surface area contributed by atoms with Gasteiger partial charge in [-0.1, -0.05) is 0 Å². The van der Waals surface area contributed by atoms with Crippen LogP contribution in [0.5, 0.6) is 0 Å². The molecule has 1 N–H and O–H groups in total. The summed E-state index contributed by atoms with van der Waals surface area (Å²) >= 11 is 1.95. The van der Waals surface area contributed by atoms with Gasteiger partial charge in [0.2, 0.25) is 0 Å². The molecule has 0 aromatic rings. The zero-order valence-corrected chi connectivity index (χ0v) is 8.25. The summed E-state index contributed by atoms with van der Waals surface area (Å²) in [5.41, 5.74) is 0. The lowest BCUT2D eigenvalue weighted by Crippen LogP contribution is -2.18. The molecule has 66 valence electrons. The zero-order valence-electron chi connectivity index (χ0n) is 7.44. The van der Waals surface area contributed by atoms with Crippen LogP contribution in [0.4, 0.5) is 0 Å². The highest BCUT2D eigenvalue weighted by Gasteiger charge is 2.19. The molecule has 1 rings (SSSR count). The number of unbranched alkanes of at least 4 members (excludes halogenated alkanes) is 1. The molecule has 0 amide bonds. The van der Waals surface area contributed by atoms with E-state index in [1.54, 1.807) is 0 Å². The summed E-state index contributed by atoms with van der Waals surface area (Å²) in [5, 5.41) is 3.50. The standard InChI is InChI=1S/C9H19NS/c1-11-7-3-2-6-10-8-9-4-5-9/h9-10H,2-8H2,1H3. The number of rotatable bonds is 7. The van der Waals surface area contributed by atoms with E-state index in [2.05, 4.69) is 11.6 Å². The van der Waals surface area contributed by atoms with Crippen molar-refractivity contribution in [3.05, 3.63) is 0 Å². The summed E-state index contributed by atoms with van der Waals surface area (Å²) in [4.78, 5) is 0. The predicted molar refractivity (Wildman–Crippen MR) is 53.2 cm³/mol. The van der Waals surface area contributed by atoms with E-state index in [1.165, 1.54) is 44.5 Å². The van der Waals surface area contributed by atoms with Crippen LogP contribution in [-0.2, 0) is 0 Å². The van der Waals surface area contributed by atoms with E-state index in [9.17, 15) is 0 Å². The second kappa shape index (κ2) is 5.90. The third kappa shape index (κ3) is 5.57. The number of nitrogens with one attached hydrogen (secondary N) is 1. The molecule has 11 heavy (non-hydrogen) atoms. The summed E-state index contributed by atoms with van der Waals surface area (Å²) in [7, 11) is 0. The third-order valence-electron chi connectivity index (χ3n) is 2.08. The van der Waals surface area contributed by atoms with Crippen molar-refractivity contribution in [3.63, 3.8) is 0 Å². The van der Waals surface area contributed by atoms with E-state index in [0.29, 0.717) is 0 Å². The van der Waals surface area contributed by atoms with Gasteiger partial charge in [-0.2, -0.15) is 11.8 Å². The van der Waals surface area contributed by atoms with Crippen LogP contribution in [0.15, 0.2) is 0 Å². The first-order chi connectivity index (χ1) is 5.43. The van der Waals surface area contributed by atoms with Gasteiger partial charge in [-0.25, -0.2) is 0 Å². The second-order valence-electron chi connectivity index (χ2n) is 3.35.